The van der Waals surface area contributed by atoms with Crippen LogP contribution in [0.5, 0.6) is 0 Å². The number of halogens is 2. The molecule has 168 valence electrons. The third-order valence-electron chi connectivity index (χ3n) is 4.40. The molecule has 0 bridgehead atoms. The predicted octanol–water partition coefficient (Wildman–Crippen LogP) is 4.14. The van der Waals surface area contributed by atoms with Crippen molar-refractivity contribution in [2.75, 3.05) is 18.5 Å². The Balaban J connectivity index is 1.54. The van der Waals surface area contributed by atoms with Crippen LogP contribution in [-0.2, 0) is 14.3 Å². The second-order valence-electron chi connectivity index (χ2n) is 6.78. The second kappa shape index (κ2) is 11.3. The molecule has 0 heterocycles. The molecule has 7 nitrogen and oxygen atoms in total. The highest BCUT2D eigenvalue weighted by atomic mass is 35.5. The van der Waals surface area contributed by atoms with Gasteiger partial charge in [0.2, 0.25) is 0 Å². The summed E-state index contributed by atoms with van der Waals surface area (Å²) in [6.07, 6.45) is 0. The van der Waals surface area contributed by atoms with Gasteiger partial charge in [0.05, 0.1) is 5.69 Å². The van der Waals surface area contributed by atoms with Gasteiger partial charge in [-0.05, 0) is 42.5 Å². The fraction of sp³-hybridized carbons (Fsp3) is 0.0833. The first-order valence-electron chi connectivity index (χ1n) is 9.72. The maximum Gasteiger partial charge on any atom is 0.325 e. The van der Waals surface area contributed by atoms with Crippen molar-refractivity contribution in [3.63, 3.8) is 0 Å². The van der Waals surface area contributed by atoms with Crippen molar-refractivity contribution in [2.24, 2.45) is 0 Å². The average Bonchev–Trinajstić information content (AvgIpc) is 2.83. The summed E-state index contributed by atoms with van der Waals surface area (Å²) in [5.74, 6) is -2.27. The molecule has 3 rings (SSSR count). The van der Waals surface area contributed by atoms with Crippen LogP contribution in [0.1, 0.15) is 26.3 Å². The minimum Gasteiger partial charge on any atom is -0.454 e. The molecule has 0 aliphatic heterocycles. The zero-order valence-electron chi connectivity index (χ0n) is 17.1. The van der Waals surface area contributed by atoms with E-state index < -0.39 is 30.9 Å². The van der Waals surface area contributed by atoms with Crippen molar-refractivity contribution in [1.82, 2.24) is 5.32 Å². The predicted molar refractivity (Wildman–Crippen MR) is 125 cm³/mol. The van der Waals surface area contributed by atoms with E-state index in [9.17, 15) is 19.2 Å². The van der Waals surface area contributed by atoms with Gasteiger partial charge in [0, 0.05) is 26.7 Å². The number of carbonyl (C=O) groups is 4. The Morgan fingerprint density at radius 3 is 2.15 bits per heavy atom. The van der Waals surface area contributed by atoms with Crippen LogP contribution in [0.15, 0.2) is 72.8 Å². The van der Waals surface area contributed by atoms with Gasteiger partial charge in [-0.25, -0.2) is 0 Å². The zero-order valence-corrected chi connectivity index (χ0v) is 18.7. The highest BCUT2D eigenvalue weighted by molar-refractivity contribution is 6.31. The molecule has 0 aliphatic carbocycles. The number of nitrogens with one attached hydrogen (secondary N) is 2. The molecule has 3 aromatic rings. The van der Waals surface area contributed by atoms with Crippen LogP contribution >= 0.6 is 23.2 Å². The van der Waals surface area contributed by atoms with E-state index in [0.717, 1.165) is 0 Å². The van der Waals surface area contributed by atoms with E-state index in [1.54, 1.807) is 42.5 Å². The molecule has 0 atom stereocenters. The first-order chi connectivity index (χ1) is 15.8. The van der Waals surface area contributed by atoms with Gasteiger partial charge in [-0.2, -0.15) is 0 Å². The van der Waals surface area contributed by atoms with Crippen molar-refractivity contribution in [1.29, 1.82) is 0 Å². The third-order valence-corrected chi connectivity index (χ3v) is 4.89. The summed E-state index contributed by atoms with van der Waals surface area (Å²) >= 11 is 11.8. The number of amides is 2. The lowest BCUT2D eigenvalue weighted by molar-refractivity contribution is -0.146. The van der Waals surface area contributed by atoms with Gasteiger partial charge in [0.1, 0.15) is 6.54 Å². The molecule has 0 aliphatic rings. The van der Waals surface area contributed by atoms with Gasteiger partial charge < -0.3 is 15.4 Å². The normalized spacial score (nSPS) is 10.2. The van der Waals surface area contributed by atoms with Crippen LogP contribution in [0.25, 0.3) is 0 Å². The fourth-order valence-electron chi connectivity index (χ4n) is 2.80. The van der Waals surface area contributed by atoms with E-state index in [-0.39, 0.29) is 17.0 Å². The van der Waals surface area contributed by atoms with E-state index in [1.807, 2.05) is 0 Å². The highest BCUT2D eigenvalue weighted by Gasteiger charge is 2.17. The molecule has 3 aromatic carbocycles. The maximum absolute atomic E-state index is 12.8. The Morgan fingerprint density at radius 2 is 1.45 bits per heavy atom. The number of carbonyl (C=O) groups excluding carboxylic acids is 4. The number of benzene rings is 3. The summed E-state index contributed by atoms with van der Waals surface area (Å²) in [6.45, 7) is -1.02. The minimum atomic E-state index is -0.802. The van der Waals surface area contributed by atoms with Crippen molar-refractivity contribution in [2.45, 2.75) is 0 Å². The zero-order chi connectivity index (χ0) is 23.8. The lowest BCUT2D eigenvalue weighted by Crippen LogP contribution is -2.32. The van der Waals surface area contributed by atoms with Crippen LogP contribution in [0.4, 0.5) is 5.69 Å². The highest BCUT2D eigenvalue weighted by Crippen LogP contribution is 2.23. The Labute approximate surface area is 199 Å². The van der Waals surface area contributed by atoms with E-state index in [1.165, 1.54) is 30.3 Å². The summed E-state index contributed by atoms with van der Waals surface area (Å²) in [6, 6.07) is 19.1. The van der Waals surface area contributed by atoms with Gasteiger partial charge in [0.15, 0.2) is 12.4 Å². The molecule has 0 radical (unpaired) electrons. The molecule has 2 N–H and O–H groups in total. The first kappa shape index (κ1) is 24.0. The van der Waals surface area contributed by atoms with Crippen LogP contribution < -0.4 is 10.6 Å². The Hall–Kier alpha value is -3.68. The molecule has 0 spiro atoms. The molecule has 0 saturated carbocycles. The maximum atomic E-state index is 12.8. The Morgan fingerprint density at radius 1 is 0.788 bits per heavy atom. The molecule has 33 heavy (non-hydrogen) atoms. The molecule has 0 unspecified atom stereocenters. The first-order valence-corrected chi connectivity index (χ1v) is 10.5. The minimum absolute atomic E-state index is 0.198. The van der Waals surface area contributed by atoms with Crippen LogP contribution in [-0.4, -0.2) is 36.7 Å². The van der Waals surface area contributed by atoms with Crippen molar-refractivity contribution >= 4 is 52.5 Å². The molecule has 0 saturated heterocycles. The number of hydrogen-bond donors (Lipinski definition) is 2. The average molecular weight is 485 g/mol. The van der Waals surface area contributed by atoms with E-state index >= 15 is 0 Å². The lowest BCUT2D eigenvalue weighted by Gasteiger charge is -2.12. The topological polar surface area (TPSA) is 102 Å². The molecular formula is C24H18Cl2N2O5. The van der Waals surface area contributed by atoms with Gasteiger partial charge in [0.25, 0.3) is 11.8 Å². The Kier molecular flexibility index (Phi) is 8.18. The van der Waals surface area contributed by atoms with Crippen LogP contribution in [0.3, 0.4) is 0 Å². The largest absolute Gasteiger partial charge is 0.454 e. The van der Waals surface area contributed by atoms with E-state index in [4.69, 9.17) is 27.9 Å². The monoisotopic (exact) mass is 484 g/mol. The number of esters is 1. The van der Waals surface area contributed by atoms with Crippen LogP contribution in [0, 0.1) is 0 Å². The summed E-state index contributed by atoms with van der Waals surface area (Å²) in [5.41, 5.74) is 1.18. The molecule has 9 heteroatoms. The third kappa shape index (κ3) is 6.90. The molecular weight excluding hydrogens is 467 g/mol. The number of hydrogen-bond acceptors (Lipinski definition) is 5. The summed E-state index contributed by atoms with van der Waals surface area (Å²) in [5, 5.41) is 5.74. The van der Waals surface area contributed by atoms with Gasteiger partial charge in [-0.15, -0.1) is 0 Å². The standard InChI is InChI=1S/C24H18Cl2N2O5/c25-17-8-6-16(7-9-17)24(32)27-13-22(30)33-14-21(29)28-20-11-10-18(26)12-19(20)23(31)15-4-2-1-3-5-15/h1-12H,13-14H2,(H,27,32)(H,28,29). The van der Waals surface area contributed by atoms with Crippen LogP contribution in [0.2, 0.25) is 10.0 Å². The SMILES string of the molecule is O=C(COC(=O)CNC(=O)c1ccc(Cl)cc1)Nc1ccc(Cl)cc1C(=O)c1ccccc1. The fourth-order valence-corrected chi connectivity index (χ4v) is 3.10. The number of ether oxygens (including phenoxy) is 1. The Bertz CT molecular complexity index is 1180. The lowest BCUT2D eigenvalue weighted by atomic mass is 10.0. The molecule has 2 amide bonds. The summed E-state index contributed by atoms with van der Waals surface area (Å²) in [7, 11) is 0. The van der Waals surface area contributed by atoms with E-state index in [2.05, 4.69) is 10.6 Å². The van der Waals surface area contributed by atoms with Gasteiger partial charge in [-0.3, -0.25) is 19.2 Å². The quantitative estimate of drug-likeness (QED) is 0.369. The van der Waals surface area contributed by atoms with Gasteiger partial charge in [-0.1, -0.05) is 53.5 Å². The van der Waals surface area contributed by atoms with Gasteiger partial charge >= 0.3 is 5.97 Å². The smallest absolute Gasteiger partial charge is 0.325 e. The summed E-state index contributed by atoms with van der Waals surface area (Å²) in [4.78, 5) is 49.0. The number of rotatable bonds is 8. The number of ketones is 1. The summed E-state index contributed by atoms with van der Waals surface area (Å²) < 4.78 is 4.89. The number of anilines is 1. The molecule has 0 aromatic heterocycles. The molecule has 0 fully saturated rings. The van der Waals surface area contributed by atoms with Crippen molar-refractivity contribution < 1.29 is 23.9 Å². The van der Waals surface area contributed by atoms with E-state index in [0.29, 0.717) is 21.2 Å². The van der Waals surface area contributed by atoms with Crippen molar-refractivity contribution in [3.8, 4) is 0 Å². The van der Waals surface area contributed by atoms with Crippen molar-refractivity contribution in [3.05, 3.63) is 99.5 Å². The second-order valence-corrected chi connectivity index (χ2v) is 7.66.